The summed E-state index contributed by atoms with van der Waals surface area (Å²) in [5, 5.41) is 8.76. The second-order valence-electron chi connectivity index (χ2n) is 5.97. The lowest BCUT2D eigenvalue weighted by Gasteiger charge is -2.24. The monoisotopic (exact) mass is 371 g/mol. The molecule has 0 radical (unpaired) electrons. The molecule has 3 aromatic rings. The molecule has 0 N–H and O–H groups in total. The molecule has 0 unspecified atom stereocenters. The van der Waals surface area contributed by atoms with E-state index in [1.807, 2.05) is 0 Å². The summed E-state index contributed by atoms with van der Waals surface area (Å²) < 4.78 is 11.9. The number of nitrogens with zero attached hydrogens (tertiary/aromatic N) is 3. The van der Waals surface area contributed by atoms with E-state index in [0.29, 0.717) is 22.3 Å². The van der Waals surface area contributed by atoms with Crippen molar-refractivity contribution in [3.05, 3.63) is 63.4 Å². The van der Waals surface area contributed by atoms with Crippen LogP contribution in [0.15, 0.2) is 47.3 Å². The van der Waals surface area contributed by atoms with Crippen molar-refractivity contribution in [1.82, 2.24) is 15.0 Å². The fourth-order valence-electron chi connectivity index (χ4n) is 2.87. The topological polar surface area (TPSA) is 83.3 Å². The Morgan fingerprint density at radius 3 is 3.04 bits per heavy atom. The molecule has 0 aliphatic carbocycles. The first kappa shape index (κ1) is 16.5. The number of carbonyl (C=O) groups excluding carboxylic acids is 1. The van der Waals surface area contributed by atoms with Gasteiger partial charge in [0.15, 0.2) is 6.73 Å². The second kappa shape index (κ2) is 6.76. The molecule has 4 rings (SSSR count). The van der Waals surface area contributed by atoms with Crippen molar-refractivity contribution in [1.29, 1.82) is 0 Å². The molecule has 0 fully saturated rings. The first-order valence-electron chi connectivity index (χ1n) is 8.02. The maximum Gasteiger partial charge on any atom is 0.314 e. The Morgan fingerprint density at radius 1 is 1.31 bits per heavy atom. The Kier molecular flexibility index (Phi) is 4.30. The minimum absolute atomic E-state index is 0.214. The average molecular weight is 372 g/mol. The fourth-order valence-corrected chi connectivity index (χ4v) is 3.06. The first-order valence-corrected chi connectivity index (χ1v) is 8.40. The standard InChI is InChI=1S/C18H14ClN3O4/c19-13-5-6-16-11(8-13)7-12(9-25-16)18(24)26-10-22-17(23)14-3-1-2-4-15(14)20-21-22/h1-6,8,12H,7,9-10H2/t12-/m0/s1. The molecule has 1 aliphatic rings. The molecule has 1 aromatic heterocycles. The van der Waals surface area contributed by atoms with Gasteiger partial charge in [-0.15, -0.1) is 5.10 Å². The van der Waals surface area contributed by atoms with Gasteiger partial charge in [-0.05, 0) is 42.3 Å². The summed E-state index contributed by atoms with van der Waals surface area (Å²) in [5.74, 6) is -0.211. The van der Waals surface area contributed by atoms with Gasteiger partial charge < -0.3 is 9.47 Å². The number of hydrogen-bond donors (Lipinski definition) is 0. The van der Waals surface area contributed by atoms with Crippen molar-refractivity contribution in [2.24, 2.45) is 5.92 Å². The van der Waals surface area contributed by atoms with Gasteiger partial charge in [0.05, 0.1) is 11.3 Å². The summed E-state index contributed by atoms with van der Waals surface area (Å²) in [4.78, 5) is 24.7. The summed E-state index contributed by atoms with van der Waals surface area (Å²) >= 11 is 5.99. The van der Waals surface area contributed by atoms with Crippen LogP contribution >= 0.6 is 11.6 Å². The predicted octanol–water partition coefficient (Wildman–Crippen LogP) is 2.20. The van der Waals surface area contributed by atoms with Crippen LogP contribution in [0.5, 0.6) is 5.75 Å². The zero-order valence-corrected chi connectivity index (χ0v) is 14.3. The molecule has 1 atom stereocenters. The summed E-state index contributed by atoms with van der Waals surface area (Å²) in [7, 11) is 0. The highest BCUT2D eigenvalue weighted by Gasteiger charge is 2.27. The van der Waals surface area contributed by atoms with Crippen molar-refractivity contribution in [2.75, 3.05) is 6.61 Å². The predicted molar refractivity (Wildman–Crippen MR) is 94.0 cm³/mol. The highest BCUT2D eigenvalue weighted by Crippen LogP contribution is 2.30. The highest BCUT2D eigenvalue weighted by atomic mass is 35.5. The molecule has 2 aromatic carbocycles. The molecule has 26 heavy (non-hydrogen) atoms. The van der Waals surface area contributed by atoms with Crippen LogP contribution in [-0.4, -0.2) is 27.6 Å². The summed E-state index contributed by atoms with van der Waals surface area (Å²) in [6.07, 6.45) is 0.465. The number of carbonyl (C=O) groups is 1. The Balaban J connectivity index is 1.46. The molecule has 0 spiro atoms. The van der Waals surface area contributed by atoms with Gasteiger partial charge in [-0.2, -0.15) is 4.68 Å². The van der Waals surface area contributed by atoms with Gasteiger partial charge in [0.25, 0.3) is 5.56 Å². The summed E-state index contributed by atoms with van der Waals surface area (Å²) in [6.45, 7) is -0.0832. The molecule has 0 saturated carbocycles. The van der Waals surface area contributed by atoms with Crippen molar-refractivity contribution in [3.8, 4) is 5.75 Å². The third-order valence-electron chi connectivity index (χ3n) is 4.22. The van der Waals surface area contributed by atoms with Crippen LogP contribution < -0.4 is 10.3 Å². The number of esters is 1. The van der Waals surface area contributed by atoms with Crippen molar-refractivity contribution >= 4 is 28.5 Å². The van der Waals surface area contributed by atoms with E-state index in [4.69, 9.17) is 21.1 Å². The van der Waals surface area contributed by atoms with Crippen molar-refractivity contribution in [2.45, 2.75) is 13.2 Å². The number of benzene rings is 2. The van der Waals surface area contributed by atoms with Gasteiger partial charge in [0.1, 0.15) is 17.9 Å². The lowest BCUT2D eigenvalue weighted by Crippen LogP contribution is -2.32. The van der Waals surface area contributed by atoms with Crippen LogP contribution in [0, 0.1) is 5.92 Å². The fraction of sp³-hybridized carbons (Fsp3) is 0.222. The lowest BCUT2D eigenvalue weighted by atomic mass is 9.97. The molecular formula is C18H14ClN3O4. The van der Waals surface area contributed by atoms with Crippen LogP contribution in [0.2, 0.25) is 5.02 Å². The van der Waals surface area contributed by atoms with Crippen molar-refractivity contribution < 1.29 is 14.3 Å². The van der Waals surface area contributed by atoms with E-state index in [-0.39, 0.29) is 18.9 Å². The minimum Gasteiger partial charge on any atom is -0.492 e. The van der Waals surface area contributed by atoms with Crippen molar-refractivity contribution in [3.63, 3.8) is 0 Å². The van der Waals surface area contributed by atoms with Gasteiger partial charge in [-0.25, -0.2) is 0 Å². The van der Waals surface area contributed by atoms with E-state index in [9.17, 15) is 9.59 Å². The third-order valence-corrected chi connectivity index (χ3v) is 4.46. The molecule has 0 amide bonds. The number of aromatic nitrogens is 3. The second-order valence-corrected chi connectivity index (χ2v) is 6.40. The van der Waals surface area contributed by atoms with E-state index in [0.717, 1.165) is 16.0 Å². The van der Waals surface area contributed by atoms with E-state index < -0.39 is 11.9 Å². The van der Waals surface area contributed by atoms with Crippen LogP contribution in [0.4, 0.5) is 0 Å². The first-order chi connectivity index (χ1) is 12.6. The third kappa shape index (κ3) is 3.13. The largest absolute Gasteiger partial charge is 0.492 e. The number of halogens is 1. The lowest BCUT2D eigenvalue weighted by molar-refractivity contribution is -0.154. The maximum atomic E-state index is 12.3. The number of hydrogen-bond acceptors (Lipinski definition) is 6. The van der Waals surface area contributed by atoms with E-state index >= 15 is 0 Å². The SMILES string of the molecule is O=C(OCn1nnc2ccccc2c1=O)[C@@H]1COc2ccc(Cl)cc2C1. The Morgan fingerprint density at radius 2 is 2.15 bits per heavy atom. The van der Waals surface area contributed by atoms with Crippen LogP contribution in [-0.2, 0) is 22.7 Å². The number of fused-ring (bicyclic) bond motifs is 2. The van der Waals surface area contributed by atoms with Crippen LogP contribution in [0.1, 0.15) is 5.56 Å². The van der Waals surface area contributed by atoms with Gasteiger partial charge in [-0.3, -0.25) is 9.59 Å². The van der Waals surface area contributed by atoms with Gasteiger partial charge >= 0.3 is 5.97 Å². The molecule has 132 valence electrons. The Bertz CT molecular complexity index is 1050. The quantitative estimate of drug-likeness (QED) is 0.656. The molecule has 7 nitrogen and oxygen atoms in total. The maximum absolute atomic E-state index is 12.3. The van der Waals surface area contributed by atoms with Gasteiger partial charge in [0, 0.05) is 5.02 Å². The average Bonchev–Trinajstić information content (AvgIpc) is 2.67. The van der Waals surface area contributed by atoms with E-state index in [1.165, 1.54) is 0 Å². The Labute approximate surface area is 153 Å². The zero-order chi connectivity index (χ0) is 18.1. The molecule has 0 saturated heterocycles. The molecule has 2 heterocycles. The number of ether oxygens (including phenoxy) is 2. The van der Waals surface area contributed by atoms with Gasteiger partial charge in [-0.1, -0.05) is 28.9 Å². The van der Waals surface area contributed by atoms with Gasteiger partial charge in [0.2, 0.25) is 0 Å². The smallest absolute Gasteiger partial charge is 0.314 e. The molecule has 8 heteroatoms. The summed E-state index contributed by atoms with van der Waals surface area (Å²) in [6, 6.07) is 12.2. The molecular weight excluding hydrogens is 358 g/mol. The minimum atomic E-state index is -0.468. The zero-order valence-electron chi connectivity index (χ0n) is 13.6. The Hall–Kier alpha value is -2.93. The normalized spacial score (nSPS) is 16.0. The van der Waals surface area contributed by atoms with Crippen LogP contribution in [0.25, 0.3) is 10.9 Å². The summed E-state index contributed by atoms with van der Waals surface area (Å²) in [5.41, 5.74) is 0.989. The molecule has 1 aliphatic heterocycles. The van der Waals surface area contributed by atoms with Crippen LogP contribution in [0.3, 0.4) is 0 Å². The number of rotatable bonds is 3. The van der Waals surface area contributed by atoms with E-state index in [2.05, 4.69) is 10.3 Å². The molecule has 0 bridgehead atoms. The van der Waals surface area contributed by atoms with E-state index in [1.54, 1.807) is 42.5 Å². The highest BCUT2D eigenvalue weighted by molar-refractivity contribution is 6.30.